The number of hydrogen-bond acceptors (Lipinski definition) is 5. The third-order valence-corrected chi connectivity index (χ3v) is 4.51. The van der Waals surface area contributed by atoms with Gasteiger partial charge in [-0.15, -0.1) is 0 Å². The van der Waals surface area contributed by atoms with Gasteiger partial charge in [0.2, 0.25) is 5.91 Å². The van der Waals surface area contributed by atoms with E-state index in [1.165, 1.54) is 12.3 Å². The van der Waals surface area contributed by atoms with Crippen molar-refractivity contribution in [2.75, 3.05) is 19.6 Å². The second kappa shape index (κ2) is 9.14. The van der Waals surface area contributed by atoms with E-state index >= 15 is 0 Å². The summed E-state index contributed by atoms with van der Waals surface area (Å²) in [6, 6.07) is 11.1. The van der Waals surface area contributed by atoms with Crippen LogP contribution in [-0.4, -0.2) is 53.6 Å². The van der Waals surface area contributed by atoms with Crippen molar-refractivity contribution in [2.45, 2.75) is 25.4 Å². The fourth-order valence-corrected chi connectivity index (χ4v) is 3.25. The second-order valence-corrected chi connectivity index (χ2v) is 6.47. The molecule has 0 spiro atoms. The number of amides is 2. The zero-order valence-corrected chi connectivity index (χ0v) is 15.3. The molecule has 2 heterocycles. The highest BCUT2D eigenvalue weighted by molar-refractivity contribution is 5.92. The monoisotopic (exact) mass is 368 g/mol. The number of nitrogens with zero attached hydrogens (tertiary/aromatic N) is 2. The molecule has 1 aliphatic heterocycles. The van der Waals surface area contributed by atoms with E-state index in [1.54, 1.807) is 0 Å². The first-order valence-electron chi connectivity index (χ1n) is 9.12. The first-order chi connectivity index (χ1) is 13.2. The summed E-state index contributed by atoms with van der Waals surface area (Å²) in [5, 5.41) is 9.47. The predicted molar refractivity (Wildman–Crippen MR) is 102 cm³/mol. The number of benzene rings is 1. The van der Waals surface area contributed by atoms with E-state index < -0.39 is 0 Å². The Bertz CT molecular complexity index is 774. The Kier molecular flexibility index (Phi) is 6.38. The second-order valence-electron chi connectivity index (χ2n) is 6.47. The molecule has 1 aromatic heterocycles. The van der Waals surface area contributed by atoms with E-state index in [2.05, 4.69) is 20.7 Å². The third-order valence-electron chi connectivity index (χ3n) is 4.51. The van der Waals surface area contributed by atoms with Crippen LogP contribution in [0.5, 0.6) is 0 Å². The van der Waals surface area contributed by atoms with Crippen molar-refractivity contribution in [3.8, 4) is 0 Å². The highest BCUT2D eigenvalue weighted by Gasteiger charge is 2.36. The van der Waals surface area contributed by atoms with Gasteiger partial charge in [-0.1, -0.05) is 47.6 Å². The van der Waals surface area contributed by atoms with Gasteiger partial charge in [0.25, 0.3) is 5.91 Å². The summed E-state index contributed by atoms with van der Waals surface area (Å²) >= 11 is 0. The highest BCUT2D eigenvalue weighted by atomic mass is 16.5. The molecule has 3 rings (SSSR count). The van der Waals surface area contributed by atoms with Crippen LogP contribution in [-0.2, 0) is 4.79 Å². The molecule has 0 aliphatic carbocycles. The normalized spacial score (nSPS) is 20.0. The van der Waals surface area contributed by atoms with E-state index in [0.717, 1.165) is 5.56 Å². The predicted octanol–water partition coefficient (Wildman–Crippen LogP) is 1.70. The number of hydrogen-bond donors (Lipinski definition) is 2. The summed E-state index contributed by atoms with van der Waals surface area (Å²) in [4.78, 5) is 26.7. The molecule has 1 fully saturated rings. The van der Waals surface area contributed by atoms with E-state index in [0.29, 0.717) is 26.1 Å². The summed E-state index contributed by atoms with van der Waals surface area (Å²) in [5.41, 5.74) is 1.36. The molecule has 2 aromatic rings. The minimum absolute atomic E-state index is 0.0104. The average molecular weight is 368 g/mol. The maximum Gasteiger partial charge on any atom is 0.273 e. The lowest BCUT2D eigenvalue weighted by atomic mass is 10.1. The quantitative estimate of drug-likeness (QED) is 0.777. The Morgan fingerprint density at radius 1 is 1.30 bits per heavy atom. The van der Waals surface area contributed by atoms with Gasteiger partial charge in [0.15, 0.2) is 5.69 Å². The largest absolute Gasteiger partial charge is 0.364 e. The van der Waals surface area contributed by atoms with Gasteiger partial charge >= 0.3 is 0 Å². The minimum atomic E-state index is -0.287. The van der Waals surface area contributed by atoms with E-state index in [-0.39, 0.29) is 29.6 Å². The summed E-state index contributed by atoms with van der Waals surface area (Å²) in [7, 11) is 0. The highest BCUT2D eigenvalue weighted by Crippen LogP contribution is 2.19. The molecule has 1 aliphatic rings. The Balaban J connectivity index is 1.63. The first-order valence-corrected chi connectivity index (χ1v) is 9.12. The van der Waals surface area contributed by atoms with Crippen LogP contribution in [0.3, 0.4) is 0 Å². The fraction of sp³-hybridized carbons (Fsp3) is 0.350. The number of rotatable bonds is 7. The molecule has 0 unspecified atom stereocenters. The molecule has 0 bridgehead atoms. The van der Waals surface area contributed by atoms with Crippen molar-refractivity contribution in [3.63, 3.8) is 0 Å². The van der Waals surface area contributed by atoms with Crippen LogP contribution in [0.15, 0.2) is 53.3 Å². The lowest BCUT2D eigenvalue weighted by Crippen LogP contribution is -2.43. The van der Waals surface area contributed by atoms with Crippen LogP contribution in [0.1, 0.15) is 29.4 Å². The van der Waals surface area contributed by atoms with Crippen molar-refractivity contribution in [3.05, 3.63) is 60.0 Å². The molecule has 1 saturated heterocycles. The molecular weight excluding hydrogens is 344 g/mol. The molecule has 0 radical (unpaired) electrons. The lowest BCUT2D eigenvalue weighted by Gasteiger charge is -2.21. The van der Waals surface area contributed by atoms with Crippen molar-refractivity contribution in [2.24, 2.45) is 0 Å². The average Bonchev–Trinajstić information content (AvgIpc) is 3.33. The number of likely N-dealkylation sites (tertiary alicyclic amines) is 1. The van der Waals surface area contributed by atoms with E-state index in [4.69, 9.17) is 4.52 Å². The smallest absolute Gasteiger partial charge is 0.273 e. The summed E-state index contributed by atoms with van der Waals surface area (Å²) in [6.45, 7) is 3.72. The van der Waals surface area contributed by atoms with Crippen LogP contribution in [0.4, 0.5) is 0 Å². The maximum atomic E-state index is 12.4. The van der Waals surface area contributed by atoms with Crippen molar-refractivity contribution < 1.29 is 14.1 Å². The number of likely N-dealkylation sites (N-methyl/N-ethyl adjacent to an activating group) is 1. The summed E-state index contributed by atoms with van der Waals surface area (Å²) in [6.07, 6.45) is 6.01. The van der Waals surface area contributed by atoms with Gasteiger partial charge in [0.1, 0.15) is 6.26 Å². The fourth-order valence-electron chi connectivity index (χ4n) is 3.25. The number of nitrogens with one attached hydrogen (secondary N) is 2. The van der Waals surface area contributed by atoms with Gasteiger partial charge in [0, 0.05) is 31.7 Å². The van der Waals surface area contributed by atoms with Gasteiger partial charge in [-0.25, -0.2) is 0 Å². The van der Waals surface area contributed by atoms with Gasteiger partial charge < -0.3 is 15.2 Å². The molecular formula is C20H24N4O3. The van der Waals surface area contributed by atoms with Gasteiger partial charge in [0.05, 0.1) is 6.04 Å². The zero-order chi connectivity index (χ0) is 19.1. The lowest BCUT2D eigenvalue weighted by molar-refractivity contribution is -0.125. The van der Waals surface area contributed by atoms with Crippen molar-refractivity contribution in [1.82, 2.24) is 20.7 Å². The molecule has 2 amide bonds. The SMILES string of the molecule is CCNC(=O)[C@@H]1C[C@@H](NC(=O)c2ccon2)CN1CC=Cc1ccccc1. The number of carbonyl (C=O) groups excluding carboxylic acids is 2. The van der Waals surface area contributed by atoms with Gasteiger partial charge in [-0.05, 0) is 18.9 Å². The van der Waals surface area contributed by atoms with Crippen LogP contribution < -0.4 is 10.6 Å². The first kappa shape index (κ1) is 18.8. The Hall–Kier alpha value is -2.93. The molecule has 142 valence electrons. The van der Waals surface area contributed by atoms with Crippen LogP contribution in [0, 0.1) is 0 Å². The van der Waals surface area contributed by atoms with Crippen molar-refractivity contribution in [1.29, 1.82) is 0 Å². The Labute approximate surface area is 158 Å². The van der Waals surface area contributed by atoms with Gasteiger partial charge in [-0.2, -0.15) is 0 Å². The topological polar surface area (TPSA) is 87.5 Å². The molecule has 0 saturated carbocycles. The number of carbonyl (C=O) groups is 2. The molecule has 7 nitrogen and oxygen atoms in total. The van der Waals surface area contributed by atoms with E-state index in [1.807, 2.05) is 49.4 Å². The van der Waals surface area contributed by atoms with Crippen LogP contribution in [0.25, 0.3) is 6.08 Å². The molecule has 7 heteroatoms. The third kappa shape index (κ3) is 5.04. The standard InChI is InChI=1S/C20H24N4O3/c1-2-21-20(26)18-13-16(22-19(25)17-10-12-27-23-17)14-24(18)11-6-9-15-7-4-3-5-8-15/h3-10,12,16,18H,2,11,13-14H2,1H3,(H,21,26)(H,22,25)/t16-,18+/m1/s1. The van der Waals surface area contributed by atoms with Crippen molar-refractivity contribution >= 4 is 17.9 Å². The molecule has 27 heavy (non-hydrogen) atoms. The Morgan fingerprint density at radius 2 is 2.11 bits per heavy atom. The van der Waals surface area contributed by atoms with Crippen LogP contribution in [0.2, 0.25) is 0 Å². The zero-order valence-electron chi connectivity index (χ0n) is 15.3. The minimum Gasteiger partial charge on any atom is -0.364 e. The maximum absolute atomic E-state index is 12.4. The Morgan fingerprint density at radius 3 is 2.81 bits per heavy atom. The number of aromatic nitrogens is 1. The molecule has 2 N–H and O–H groups in total. The van der Waals surface area contributed by atoms with E-state index in [9.17, 15) is 9.59 Å². The molecule has 1 aromatic carbocycles. The van der Waals surface area contributed by atoms with Gasteiger partial charge in [-0.3, -0.25) is 14.5 Å². The summed E-state index contributed by atoms with van der Waals surface area (Å²) in [5.74, 6) is -0.297. The summed E-state index contributed by atoms with van der Waals surface area (Å²) < 4.78 is 4.71. The van der Waals surface area contributed by atoms with Crippen LogP contribution >= 0.6 is 0 Å². The molecule has 2 atom stereocenters.